The zero-order chi connectivity index (χ0) is 20.2. The molecule has 0 radical (unpaired) electrons. The predicted molar refractivity (Wildman–Crippen MR) is 97.9 cm³/mol. The topological polar surface area (TPSA) is 153 Å². The summed E-state index contributed by atoms with van der Waals surface area (Å²) < 4.78 is 0. The van der Waals surface area contributed by atoms with E-state index in [4.69, 9.17) is 5.73 Å². The average molecular weight is 364 g/mol. The van der Waals surface area contributed by atoms with Gasteiger partial charge in [-0.15, -0.1) is 0 Å². The van der Waals surface area contributed by atoms with Crippen LogP contribution in [0.3, 0.4) is 0 Å². The van der Waals surface area contributed by atoms with Gasteiger partial charge in [0.2, 0.25) is 11.7 Å². The van der Waals surface area contributed by atoms with Gasteiger partial charge in [0, 0.05) is 11.1 Å². The van der Waals surface area contributed by atoms with E-state index in [9.17, 15) is 24.9 Å². The summed E-state index contributed by atoms with van der Waals surface area (Å²) in [5, 5.41) is 29.6. The third-order valence-electron chi connectivity index (χ3n) is 3.87. The van der Waals surface area contributed by atoms with Crippen molar-refractivity contribution >= 4 is 22.8 Å². The van der Waals surface area contributed by atoms with Crippen molar-refractivity contribution in [3.63, 3.8) is 0 Å². The number of primary amides is 1. The maximum absolute atomic E-state index is 12.7. The van der Waals surface area contributed by atoms with Crippen molar-refractivity contribution in [3.8, 4) is 17.2 Å². The van der Waals surface area contributed by atoms with Crippen molar-refractivity contribution < 1.29 is 20.1 Å². The van der Waals surface area contributed by atoms with Crippen LogP contribution in [-0.4, -0.2) is 42.3 Å². The summed E-state index contributed by atoms with van der Waals surface area (Å²) >= 11 is 0. The molecule has 2 aromatic rings. The molecule has 1 heterocycles. The lowest BCUT2D eigenvalue weighted by Gasteiger charge is -2.45. The predicted octanol–water partition coefficient (Wildman–Crippen LogP) is 1.54. The van der Waals surface area contributed by atoms with E-state index in [1.165, 1.54) is 0 Å². The highest BCUT2D eigenvalue weighted by Crippen LogP contribution is 2.43. The highest BCUT2D eigenvalue weighted by molar-refractivity contribution is 6.10. The third kappa shape index (κ3) is 3.00. The molecule has 26 heavy (non-hydrogen) atoms. The van der Waals surface area contributed by atoms with E-state index in [0.29, 0.717) is 0 Å². The van der Waals surface area contributed by atoms with Gasteiger partial charge in [0.15, 0.2) is 11.5 Å². The zero-order valence-electron chi connectivity index (χ0n) is 15.6. The van der Waals surface area contributed by atoms with Gasteiger partial charge in [-0.3, -0.25) is 14.6 Å². The number of aromatic hydroxyl groups is 3. The Morgan fingerprint density at radius 2 is 1.50 bits per heavy atom. The van der Waals surface area contributed by atoms with E-state index in [0.717, 1.165) is 0 Å². The molecular weight excluding hydrogens is 340 g/mol. The summed E-state index contributed by atoms with van der Waals surface area (Å²) in [6.07, 6.45) is 0. The minimum Gasteiger partial charge on any atom is -0.504 e. The zero-order valence-corrected chi connectivity index (χ0v) is 15.6. The molecular formula is C17H24N4O5. The van der Waals surface area contributed by atoms with Crippen molar-refractivity contribution in [2.75, 3.05) is 4.90 Å². The van der Waals surface area contributed by atoms with E-state index in [1.807, 2.05) is 46.4 Å². The standard InChI is InChI=1S/C17H24N4O5/c1-16(2,3)21(17(4,5)6)15-19-9-7(14(26)20-15)8(13(18)25)10(22)12(24)11(9)23/h22-24H,1-6H3,(H2,18,25)(H,19,20,26). The number of H-pyrrole nitrogens is 1. The van der Waals surface area contributed by atoms with Gasteiger partial charge in [-0.25, -0.2) is 4.98 Å². The molecule has 0 saturated heterocycles. The van der Waals surface area contributed by atoms with Crippen LogP contribution in [-0.2, 0) is 0 Å². The van der Waals surface area contributed by atoms with Crippen LogP contribution in [0.2, 0.25) is 0 Å². The SMILES string of the molecule is CC(C)(C)N(c1nc2c(O)c(O)c(O)c(C(N)=O)c2c(=O)[nH]1)C(C)(C)C. The van der Waals surface area contributed by atoms with Gasteiger partial charge < -0.3 is 26.0 Å². The van der Waals surface area contributed by atoms with Crippen LogP contribution in [0.25, 0.3) is 10.9 Å². The molecule has 0 bridgehead atoms. The molecule has 1 amide bonds. The Morgan fingerprint density at radius 3 is 1.92 bits per heavy atom. The third-order valence-corrected chi connectivity index (χ3v) is 3.87. The van der Waals surface area contributed by atoms with Crippen LogP contribution in [0.1, 0.15) is 51.9 Å². The number of aromatic amines is 1. The number of anilines is 1. The molecule has 0 spiro atoms. The van der Waals surface area contributed by atoms with E-state index >= 15 is 0 Å². The molecule has 6 N–H and O–H groups in total. The number of nitrogens with one attached hydrogen (secondary N) is 1. The Bertz CT molecular complexity index is 937. The summed E-state index contributed by atoms with van der Waals surface area (Å²) in [6, 6.07) is 0. The number of rotatable bonds is 2. The molecule has 0 fully saturated rings. The van der Waals surface area contributed by atoms with Gasteiger partial charge in [-0.05, 0) is 41.5 Å². The largest absolute Gasteiger partial charge is 0.504 e. The number of benzene rings is 1. The van der Waals surface area contributed by atoms with Crippen LogP contribution in [0.15, 0.2) is 4.79 Å². The van der Waals surface area contributed by atoms with Gasteiger partial charge in [0.1, 0.15) is 5.52 Å². The van der Waals surface area contributed by atoms with Crippen LogP contribution >= 0.6 is 0 Å². The van der Waals surface area contributed by atoms with Crippen LogP contribution in [0, 0.1) is 0 Å². The Kier molecular flexibility index (Phi) is 4.31. The number of hydrogen-bond donors (Lipinski definition) is 5. The van der Waals surface area contributed by atoms with Crippen LogP contribution in [0.5, 0.6) is 17.2 Å². The molecule has 0 aliphatic heterocycles. The monoisotopic (exact) mass is 364 g/mol. The molecule has 1 aromatic carbocycles. The smallest absolute Gasteiger partial charge is 0.261 e. The number of aromatic nitrogens is 2. The molecule has 0 unspecified atom stereocenters. The van der Waals surface area contributed by atoms with E-state index in [2.05, 4.69) is 9.97 Å². The number of carbonyl (C=O) groups is 1. The maximum Gasteiger partial charge on any atom is 0.261 e. The Labute approximate surface area is 150 Å². The molecule has 142 valence electrons. The van der Waals surface area contributed by atoms with Gasteiger partial charge in [0.05, 0.1) is 10.9 Å². The summed E-state index contributed by atoms with van der Waals surface area (Å²) in [6.45, 7) is 11.5. The van der Waals surface area contributed by atoms with Crippen molar-refractivity contribution in [1.29, 1.82) is 0 Å². The molecule has 2 rings (SSSR count). The first-order valence-electron chi connectivity index (χ1n) is 7.99. The molecule has 9 heteroatoms. The fourth-order valence-electron chi connectivity index (χ4n) is 3.31. The average Bonchev–Trinajstić information content (AvgIpc) is 2.42. The number of phenols is 3. The lowest BCUT2D eigenvalue weighted by molar-refractivity contribution is 0.0998. The van der Waals surface area contributed by atoms with E-state index in [-0.39, 0.29) is 11.5 Å². The molecule has 0 saturated carbocycles. The first kappa shape index (κ1) is 19.4. The second-order valence-corrected chi connectivity index (χ2v) is 8.08. The quantitative estimate of drug-likeness (QED) is 0.507. The second kappa shape index (κ2) is 5.79. The molecule has 0 aliphatic rings. The maximum atomic E-state index is 12.7. The second-order valence-electron chi connectivity index (χ2n) is 8.08. The number of amides is 1. The number of hydrogen-bond acceptors (Lipinski definition) is 7. The first-order chi connectivity index (χ1) is 11.7. The van der Waals surface area contributed by atoms with Gasteiger partial charge >= 0.3 is 0 Å². The minimum absolute atomic E-state index is 0.137. The summed E-state index contributed by atoms with van der Waals surface area (Å²) in [5.41, 5.74) is 2.61. The van der Waals surface area contributed by atoms with Gasteiger partial charge in [-0.2, -0.15) is 0 Å². The van der Waals surface area contributed by atoms with Gasteiger partial charge in [-0.1, -0.05) is 0 Å². The number of phenolic OH excluding ortho intramolecular Hbond substituents is 2. The number of nitrogens with zero attached hydrogens (tertiary/aromatic N) is 2. The summed E-state index contributed by atoms with van der Waals surface area (Å²) in [5.74, 6) is -3.73. The number of fused-ring (bicyclic) bond motifs is 1. The lowest BCUT2D eigenvalue weighted by Crippen LogP contribution is -2.54. The fourth-order valence-corrected chi connectivity index (χ4v) is 3.31. The van der Waals surface area contributed by atoms with E-state index < -0.39 is 50.7 Å². The van der Waals surface area contributed by atoms with Crippen molar-refractivity contribution in [2.24, 2.45) is 5.73 Å². The molecule has 9 nitrogen and oxygen atoms in total. The van der Waals surface area contributed by atoms with Crippen molar-refractivity contribution in [3.05, 3.63) is 15.9 Å². The molecule has 0 atom stereocenters. The molecule has 1 aromatic heterocycles. The van der Waals surface area contributed by atoms with Crippen LogP contribution < -0.4 is 16.2 Å². The minimum atomic E-state index is -1.13. The first-order valence-corrected chi connectivity index (χ1v) is 7.99. The van der Waals surface area contributed by atoms with Crippen LogP contribution in [0.4, 0.5) is 5.95 Å². The van der Waals surface area contributed by atoms with Gasteiger partial charge in [0.25, 0.3) is 11.5 Å². The van der Waals surface area contributed by atoms with E-state index in [1.54, 1.807) is 0 Å². The van der Waals surface area contributed by atoms with Crippen molar-refractivity contribution in [2.45, 2.75) is 52.6 Å². The Balaban J connectivity index is 3.00. The normalized spacial score (nSPS) is 12.4. The highest BCUT2D eigenvalue weighted by atomic mass is 16.3. The number of nitrogens with two attached hydrogens (primary N) is 1. The summed E-state index contributed by atoms with van der Waals surface area (Å²) in [7, 11) is 0. The molecule has 0 aliphatic carbocycles. The Morgan fingerprint density at radius 1 is 1.00 bits per heavy atom. The number of carbonyl (C=O) groups excluding carboxylic acids is 1. The fraction of sp³-hybridized carbons (Fsp3) is 0.471. The lowest BCUT2D eigenvalue weighted by atomic mass is 9.96. The van der Waals surface area contributed by atoms with Crippen molar-refractivity contribution in [1.82, 2.24) is 9.97 Å². The summed E-state index contributed by atoms with van der Waals surface area (Å²) in [4.78, 5) is 33.0. The highest BCUT2D eigenvalue weighted by Gasteiger charge is 2.35. The Hall–Kier alpha value is -2.97.